The third kappa shape index (κ3) is 7.75. The lowest BCUT2D eigenvalue weighted by Crippen LogP contribution is -2.66. The largest absolute Gasteiger partial charge is 0.466 e. The van der Waals surface area contributed by atoms with Crippen molar-refractivity contribution in [2.24, 2.45) is 0 Å². The molecule has 1 heterocycles. The molecule has 1 N–H and O–H groups in total. The van der Waals surface area contributed by atoms with E-state index in [0.29, 0.717) is 5.56 Å². The zero-order valence-corrected chi connectivity index (χ0v) is 21.6. The molecule has 1 fully saturated rings. The van der Waals surface area contributed by atoms with Gasteiger partial charge in [0.25, 0.3) is 5.91 Å². The Hall–Kier alpha value is -3.99. The van der Waals surface area contributed by atoms with Crippen molar-refractivity contribution in [3.63, 3.8) is 0 Å². The number of esters is 4. The van der Waals surface area contributed by atoms with Gasteiger partial charge in [0.1, 0.15) is 24.9 Å². The van der Waals surface area contributed by atoms with E-state index < -0.39 is 60.2 Å². The molecular weight excluding hydrogens is 498 g/mol. The fourth-order valence-electron chi connectivity index (χ4n) is 4.32. The lowest BCUT2D eigenvalue weighted by atomic mass is 9.90. The average Bonchev–Trinajstić information content (AvgIpc) is 2.85. The number of carbonyl (C=O) groups excluding carboxylic acids is 5. The Bertz CT molecular complexity index is 1200. The van der Waals surface area contributed by atoms with Gasteiger partial charge in [-0.05, 0) is 22.9 Å². The number of amides is 1. The van der Waals surface area contributed by atoms with Crippen molar-refractivity contribution >= 4 is 40.6 Å². The molecule has 3 rings (SSSR count). The first-order chi connectivity index (χ1) is 18.0. The van der Waals surface area contributed by atoms with Crippen LogP contribution in [0.3, 0.4) is 0 Å². The maximum Gasteiger partial charge on any atom is 0.303 e. The Morgan fingerprint density at radius 1 is 0.763 bits per heavy atom. The summed E-state index contributed by atoms with van der Waals surface area (Å²) in [6.07, 6.45) is -4.12. The lowest BCUT2D eigenvalue weighted by Gasteiger charge is -2.45. The Labute approximate surface area is 219 Å². The highest BCUT2D eigenvalue weighted by atomic mass is 16.6. The highest BCUT2D eigenvalue weighted by Gasteiger charge is 2.50. The van der Waals surface area contributed by atoms with Crippen LogP contribution in [0.4, 0.5) is 0 Å². The van der Waals surface area contributed by atoms with Gasteiger partial charge in [-0.2, -0.15) is 0 Å². The summed E-state index contributed by atoms with van der Waals surface area (Å²) in [5.74, 6) is -2.97. The summed E-state index contributed by atoms with van der Waals surface area (Å²) in [6.45, 7) is 4.46. The maximum atomic E-state index is 13.4. The van der Waals surface area contributed by atoms with E-state index in [1.807, 2.05) is 24.3 Å². The van der Waals surface area contributed by atoms with Gasteiger partial charge in [-0.25, -0.2) is 0 Å². The van der Waals surface area contributed by atoms with E-state index in [2.05, 4.69) is 5.32 Å². The molecule has 0 aliphatic carbocycles. The fraction of sp³-hybridized carbons (Fsp3) is 0.444. The zero-order valence-electron chi connectivity index (χ0n) is 21.6. The van der Waals surface area contributed by atoms with Gasteiger partial charge < -0.3 is 29.0 Å². The zero-order chi connectivity index (χ0) is 27.8. The second-order valence-electron chi connectivity index (χ2n) is 8.85. The number of carbonyl (C=O) groups is 5. The first-order valence-electron chi connectivity index (χ1n) is 12.1. The van der Waals surface area contributed by atoms with Crippen LogP contribution in [0.2, 0.25) is 0 Å². The Kier molecular flexibility index (Phi) is 9.78. The van der Waals surface area contributed by atoms with Crippen molar-refractivity contribution in [1.82, 2.24) is 5.32 Å². The molecule has 5 atom stereocenters. The molecule has 1 aliphatic rings. The van der Waals surface area contributed by atoms with Crippen molar-refractivity contribution < 1.29 is 47.7 Å². The van der Waals surface area contributed by atoms with Crippen molar-refractivity contribution in [2.45, 2.75) is 64.6 Å². The minimum absolute atomic E-state index is 0.0678. The first-order valence-corrected chi connectivity index (χ1v) is 12.1. The van der Waals surface area contributed by atoms with E-state index in [1.54, 1.807) is 18.2 Å². The summed E-state index contributed by atoms with van der Waals surface area (Å²) >= 11 is 0. The fourth-order valence-corrected chi connectivity index (χ4v) is 4.32. The van der Waals surface area contributed by atoms with Gasteiger partial charge in [0.15, 0.2) is 12.2 Å². The Morgan fingerprint density at radius 3 is 1.97 bits per heavy atom. The molecule has 11 nitrogen and oxygen atoms in total. The normalized spacial score (nSPS) is 22.7. The topological polar surface area (TPSA) is 144 Å². The Balaban J connectivity index is 1.98. The van der Waals surface area contributed by atoms with Crippen molar-refractivity contribution in [1.29, 1.82) is 0 Å². The average molecular weight is 530 g/mol. The van der Waals surface area contributed by atoms with Gasteiger partial charge in [-0.1, -0.05) is 30.3 Å². The van der Waals surface area contributed by atoms with Crippen LogP contribution in [0, 0.1) is 0 Å². The minimum Gasteiger partial charge on any atom is -0.466 e. The number of nitrogens with one attached hydrogen (secondary N) is 1. The molecule has 1 saturated heterocycles. The molecule has 0 radical (unpaired) electrons. The molecule has 2 aromatic carbocycles. The molecular formula is C27H31NO10. The van der Waals surface area contributed by atoms with Crippen LogP contribution in [0.15, 0.2) is 42.5 Å². The van der Waals surface area contributed by atoms with Crippen molar-refractivity contribution in [2.75, 3.05) is 13.2 Å². The van der Waals surface area contributed by atoms with Crippen molar-refractivity contribution in [3.8, 4) is 0 Å². The predicted molar refractivity (Wildman–Crippen MR) is 133 cm³/mol. The summed E-state index contributed by atoms with van der Waals surface area (Å²) in [7, 11) is 0. The van der Waals surface area contributed by atoms with E-state index in [9.17, 15) is 24.0 Å². The monoisotopic (exact) mass is 529 g/mol. The second kappa shape index (κ2) is 13.0. The van der Waals surface area contributed by atoms with Gasteiger partial charge in [-0.15, -0.1) is 0 Å². The molecule has 0 saturated carbocycles. The number of rotatable bonds is 9. The standard InChI is InChI=1S/C27H31NO10/c1-15(29)34-12-11-22-25(36-17(3)31)24(26(37-18(4)32)23(38-22)14-35-16(2)30)28-27(33)21-10-9-19-7-5-6-8-20(19)13-21/h5-10,13,22-26H,11-12,14H2,1-4H3,(H,28,33)/t22-,23?,24?,25?,26-/m0/s1. The molecule has 0 spiro atoms. The minimum atomic E-state index is -1.18. The van der Waals surface area contributed by atoms with Crippen LogP contribution in [-0.2, 0) is 42.9 Å². The van der Waals surface area contributed by atoms with E-state index in [4.69, 9.17) is 23.7 Å². The molecule has 0 aromatic heterocycles. The number of fused-ring (bicyclic) bond motifs is 1. The number of hydrogen-bond donors (Lipinski definition) is 1. The SMILES string of the molecule is CC(=O)OCC[C@@H]1OC(COC(C)=O)[C@H](OC(C)=O)C(NC(=O)c2ccc3ccccc3c2)C1OC(C)=O. The smallest absolute Gasteiger partial charge is 0.303 e. The molecule has 3 unspecified atom stereocenters. The molecule has 38 heavy (non-hydrogen) atoms. The van der Waals surface area contributed by atoms with Crippen LogP contribution in [-0.4, -0.2) is 73.5 Å². The molecule has 1 amide bonds. The van der Waals surface area contributed by atoms with Gasteiger partial charge in [-0.3, -0.25) is 24.0 Å². The summed E-state index contributed by atoms with van der Waals surface area (Å²) in [5, 5.41) is 4.62. The molecule has 1 aliphatic heterocycles. The molecule has 11 heteroatoms. The first kappa shape index (κ1) is 28.6. The van der Waals surface area contributed by atoms with E-state index in [1.165, 1.54) is 27.7 Å². The molecule has 204 valence electrons. The second-order valence-corrected chi connectivity index (χ2v) is 8.85. The van der Waals surface area contributed by atoms with Crippen LogP contribution >= 0.6 is 0 Å². The summed E-state index contributed by atoms with van der Waals surface area (Å²) in [6, 6.07) is 11.6. The molecule has 0 bridgehead atoms. The summed E-state index contributed by atoms with van der Waals surface area (Å²) in [4.78, 5) is 60.3. The predicted octanol–water partition coefficient (Wildman–Crippen LogP) is 2.09. The third-order valence-corrected chi connectivity index (χ3v) is 5.86. The van der Waals surface area contributed by atoms with E-state index in [-0.39, 0.29) is 19.6 Å². The van der Waals surface area contributed by atoms with Gasteiger partial charge in [0, 0.05) is 39.7 Å². The van der Waals surface area contributed by atoms with Crippen LogP contribution in [0.1, 0.15) is 44.5 Å². The maximum absolute atomic E-state index is 13.4. The Morgan fingerprint density at radius 2 is 1.37 bits per heavy atom. The van der Waals surface area contributed by atoms with Crippen LogP contribution in [0.5, 0.6) is 0 Å². The van der Waals surface area contributed by atoms with Crippen LogP contribution in [0.25, 0.3) is 10.8 Å². The number of hydrogen-bond acceptors (Lipinski definition) is 10. The highest BCUT2D eigenvalue weighted by molar-refractivity contribution is 5.98. The number of ether oxygens (including phenoxy) is 5. The highest BCUT2D eigenvalue weighted by Crippen LogP contribution is 2.29. The van der Waals surface area contributed by atoms with E-state index >= 15 is 0 Å². The van der Waals surface area contributed by atoms with E-state index in [0.717, 1.165) is 10.8 Å². The quantitative estimate of drug-likeness (QED) is 0.379. The van der Waals surface area contributed by atoms with Crippen molar-refractivity contribution in [3.05, 3.63) is 48.0 Å². The summed E-state index contributed by atoms with van der Waals surface area (Å²) in [5.41, 5.74) is 0.325. The lowest BCUT2D eigenvalue weighted by molar-refractivity contribution is -0.222. The van der Waals surface area contributed by atoms with Gasteiger partial charge in [0.2, 0.25) is 0 Å². The van der Waals surface area contributed by atoms with Crippen LogP contribution < -0.4 is 5.32 Å². The van der Waals surface area contributed by atoms with Gasteiger partial charge >= 0.3 is 23.9 Å². The molecule has 2 aromatic rings. The third-order valence-electron chi connectivity index (χ3n) is 5.86. The van der Waals surface area contributed by atoms with Gasteiger partial charge in [0.05, 0.1) is 6.61 Å². The summed E-state index contributed by atoms with van der Waals surface area (Å²) < 4.78 is 27.3. The number of benzene rings is 2.